The summed E-state index contributed by atoms with van der Waals surface area (Å²) < 4.78 is 5.00. The quantitative estimate of drug-likeness (QED) is 0.894. The van der Waals surface area contributed by atoms with Crippen LogP contribution >= 0.6 is 0 Å². The van der Waals surface area contributed by atoms with Crippen LogP contribution < -0.4 is 5.32 Å². The number of ether oxygens (including phenoxy) is 1. The fourth-order valence-corrected chi connectivity index (χ4v) is 2.58. The number of hydrogen-bond donors (Lipinski definition) is 1. The molecular formula is C15H25N5O2. The summed E-state index contributed by atoms with van der Waals surface area (Å²) in [5.74, 6) is 1.05. The van der Waals surface area contributed by atoms with Crippen LogP contribution in [0.2, 0.25) is 0 Å². The van der Waals surface area contributed by atoms with Gasteiger partial charge < -0.3 is 9.64 Å². The number of aromatic nitrogens is 2. The molecule has 2 rings (SSSR count). The van der Waals surface area contributed by atoms with Gasteiger partial charge in [0.25, 0.3) is 0 Å². The van der Waals surface area contributed by atoms with Gasteiger partial charge >= 0.3 is 6.03 Å². The molecule has 0 bridgehead atoms. The average Bonchev–Trinajstić information content (AvgIpc) is 2.97. The Kier molecular flexibility index (Phi) is 5.68. The summed E-state index contributed by atoms with van der Waals surface area (Å²) >= 11 is 0. The Balaban J connectivity index is 1.93. The van der Waals surface area contributed by atoms with Crippen molar-refractivity contribution in [3.63, 3.8) is 0 Å². The van der Waals surface area contributed by atoms with E-state index in [1.807, 2.05) is 7.05 Å². The minimum absolute atomic E-state index is 0.141. The van der Waals surface area contributed by atoms with Crippen LogP contribution in [0.4, 0.5) is 10.6 Å². The maximum atomic E-state index is 12.3. The second kappa shape index (κ2) is 7.51. The molecule has 1 N–H and O–H groups in total. The van der Waals surface area contributed by atoms with E-state index in [1.54, 1.807) is 24.3 Å². The third-order valence-corrected chi connectivity index (χ3v) is 4.01. The number of urea groups is 1. The third-order valence-electron chi connectivity index (χ3n) is 4.01. The molecule has 1 saturated heterocycles. The van der Waals surface area contributed by atoms with Crippen molar-refractivity contribution >= 4 is 11.8 Å². The molecule has 0 spiro atoms. The van der Waals surface area contributed by atoms with Crippen LogP contribution in [-0.2, 0) is 11.3 Å². The van der Waals surface area contributed by atoms with Gasteiger partial charge in [-0.15, -0.1) is 0 Å². The van der Waals surface area contributed by atoms with Gasteiger partial charge in [0.05, 0.1) is 0 Å². The Morgan fingerprint density at radius 2 is 2.36 bits per heavy atom. The lowest BCUT2D eigenvalue weighted by molar-refractivity contribution is 0.178. The van der Waals surface area contributed by atoms with Crippen molar-refractivity contribution in [2.24, 2.45) is 0 Å². The number of rotatable bonds is 5. The van der Waals surface area contributed by atoms with Crippen LogP contribution in [0.25, 0.3) is 0 Å². The first kappa shape index (κ1) is 16.6. The van der Waals surface area contributed by atoms with Gasteiger partial charge in [0.2, 0.25) is 0 Å². The number of amides is 2. The Bertz CT molecular complexity index is 508. The summed E-state index contributed by atoms with van der Waals surface area (Å²) in [6.45, 7) is 6.64. The number of likely N-dealkylation sites (tertiary alicyclic amines) is 1. The maximum absolute atomic E-state index is 12.3. The van der Waals surface area contributed by atoms with Gasteiger partial charge in [-0.3, -0.25) is 10.2 Å². The monoisotopic (exact) mass is 307 g/mol. The molecule has 1 aliphatic rings. The zero-order valence-electron chi connectivity index (χ0n) is 13.7. The average molecular weight is 307 g/mol. The van der Waals surface area contributed by atoms with Gasteiger partial charge in [-0.1, -0.05) is 0 Å². The van der Waals surface area contributed by atoms with Crippen molar-refractivity contribution in [1.82, 2.24) is 19.8 Å². The molecule has 0 aliphatic carbocycles. The molecule has 0 radical (unpaired) electrons. The van der Waals surface area contributed by atoms with Gasteiger partial charge in [-0.25, -0.2) is 14.8 Å². The Morgan fingerprint density at radius 1 is 1.59 bits per heavy atom. The van der Waals surface area contributed by atoms with Crippen molar-refractivity contribution in [2.45, 2.75) is 39.0 Å². The van der Waals surface area contributed by atoms with E-state index < -0.39 is 0 Å². The molecular weight excluding hydrogens is 282 g/mol. The molecule has 122 valence electrons. The number of hydrogen-bond acceptors (Lipinski definition) is 5. The first-order valence-electron chi connectivity index (χ1n) is 7.60. The lowest BCUT2D eigenvalue weighted by atomic mass is 10.2. The SMILES string of the molecule is COCc1nccc(NC(=O)N(C)C2CCN(C(C)C)C2)n1. The lowest BCUT2D eigenvalue weighted by Crippen LogP contribution is -2.42. The maximum Gasteiger partial charge on any atom is 0.323 e. The third kappa shape index (κ3) is 4.14. The summed E-state index contributed by atoms with van der Waals surface area (Å²) in [6, 6.07) is 2.29. The van der Waals surface area contributed by atoms with E-state index in [1.165, 1.54) is 0 Å². The molecule has 1 unspecified atom stereocenters. The van der Waals surface area contributed by atoms with Crippen molar-refractivity contribution < 1.29 is 9.53 Å². The number of carbonyl (C=O) groups excluding carboxylic acids is 1. The summed E-state index contributed by atoms with van der Waals surface area (Å²) in [4.78, 5) is 24.8. The van der Waals surface area contributed by atoms with E-state index in [0.717, 1.165) is 19.5 Å². The lowest BCUT2D eigenvalue weighted by Gasteiger charge is -2.26. The number of likely N-dealkylation sites (N-methyl/N-ethyl adjacent to an activating group) is 1. The first-order chi connectivity index (χ1) is 10.5. The Labute approximate surface area is 131 Å². The molecule has 0 saturated carbocycles. The number of nitrogens with one attached hydrogen (secondary N) is 1. The fourth-order valence-electron chi connectivity index (χ4n) is 2.58. The second-order valence-corrected chi connectivity index (χ2v) is 5.86. The van der Waals surface area contributed by atoms with Gasteiger partial charge in [0.15, 0.2) is 5.82 Å². The largest absolute Gasteiger partial charge is 0.377 e. The predicted molar refractivity (Wildman–Crippen MR) is 84.6 cm³/mol. The number of anilines is 1. The summed E-state index contributed by atoms with van der Waals surface area (Å²) in [6.07, 6.45) is 2.62. The minimum Gasteiger partial charge on any atom is -0.377 e. The van der Waals surface area contributed by atoms with Gasteiger partial charge in [-0.2, -0.15) is 0 Å². The summed E-state index contributed by atoms with van der Waals surface area (Å²) in [5, 5.41) is 2.82. The van der Waals surface area contributed by atoms with Crippen LogP contribution in [0.15, 0.2) is 12.3 Å². The zero-order chi connectivity index (χ0) is 16.1. The van der Waals surface area contributed by atoms with Crippen LogP contribution in [0.5, 0.6) is 0 Å². The molecule has 2 amide bonds. The molecule has 1 aliphatic heterocycles. The standard InChI is InChI=1S/C15H25N5O2/c1-11(2)20-8-6-12(9-20)19(3)15(21)18-13-5-7-16-14(17-13)10-22-4/h5,7,11-12H,6,8-10H2,1-4H3,(H,16,17,18,21). The van der Waals surface area contributed by atoms with E-state index in [-0.39, 0.29) is 12.1 Å². The van der Waals surface area contributed by atoms with E-state index in [2.05, 4.69) is 34.0 Å². The Hall–Kier alpha value is -1.73. The summed E-state index contributed by atoms with van der Waals surface area (Å²) in [7, 11) is 3.42. The highest BCUT2D eigenvalue weighted by Crippen LogP contribution is 2.17. The second-order valence-electron chi connectivity index (χ2n) is 5.86. The highest BCUT2D eigenvalue weighted by atomic mass is 16.5. The van der Waals surface area contributed by atoms with E-state index >= 15 is 0 Å². The topological polar surface area (TPSA) is 70.6 Å². The van der Waals surface area contributed by atoms with Gasteiger partial charge in [-0.05, 0) is 26.3 Å². The van der Waals surface area contributed by atoms with Crippen molar-refractivity contribution in [3.8, 4) is 0 Å². The smallest absolute Gasteiger partial charge is 0.323 e. The number of nitrogens with zero attached hydrogens (tertiary/aromatic N) is 4. The minimum atomic E-state index is -0.141. The van der Waals surface area contributed by atoms with E-state index in [4.69, 9.17) is 4.74 Å². The number of carbonyl (C=O) groups is 1. The molecule has 7 heteroatoms. The Morgan fingerprint density at radius 3 is 3.00 bits per heavy atom. The molecule has 7 nitrogen and oxygen atoms in total. The van der Waals surface area contributed by atoms with Crippen LogP contribution in [-0.4, -0.2) is 65.1 Å². The molecule has 1 atom stereocenters. The van der Waals surface area contributed by atoms with Crippen molar-refractivity contribution in [1.29, 1.82) is 0 Å². The van der Waals surface area contributed by atoms with Crippen LogP contribution in [0, 0.1) is 0 Å². The van der Waals surface area contributed by atoms with Crippen LogP contribution in [0.3, 0.4) is 0 Å². The number of methoxy groups -OCH3 is 1. The van der Waals surface area contributed by atoms with E-state index in [0.29, 0.717) is 24.3 Å². The molecule has 1 aromatic heterocycles. The van der Waals surface area contributed by atoms with Gasteiger partial charge in [0.1, 0.15) is 12.4 Å². The van der Waals surface area contributed by atoms with Crippen molar-refractivity contribution in [3.05, 3.63) is 18.1 Å². The normalized spacial score (nSPS) is 18.7. The molecule has 1 aromatic rings. The first-order valence-corrected chi connectivity index (χ1v) is 7.60. The highest BCUT2D eigenvalue weighted by molar-refractivity contribution is 5.88. The highest BCUT2D eigenvalue weighted by Gasteiger charge is 2.29. The predicted octanol–water partition coefficient (Wildman–Crippen LogP) is 1.57. The summed E-state index contributed by atoms with van der Waals surface area (Å²) in [5.41, 5.74) is 0. The fraction of sp³-hybridized carbons (Fsp3) is 0.667. The zero-order valence-corrected chi connectivity index (χ0v) is 13.7. The molecule has 22 heavy (non-hydrogen) atoms. The van der Waals surface area contributed by atoms with E-state index in [9.17, 15) is 4.79 Å². The molecule has 0 aromatic carbocycles. The van der Waals surface area contributed by atoms with Gasteiger partial charge in [0, 0.05) is 45.5 Å². The van der Waals surface area contributed by atoms with Crippen molar-refractivity contribution in [2.75, 3.05) is 32.6 Å². The van der Waals surface area contributed by atoms with Crippen LogP contribution in [0.1, 0.15) is 26.1 Å². The molecule has 1 fully saturated rings. The molecule has 2 heterocycles.